The third kappa shape index (κ3) is 2.73. The van der Waals surface area contributed by atoms with Gasteiger partial charge in [0, 0.05) is 29.3 Å². The number of H-pyrrole nitrogens is 1. The van der Waals surface area contributed by atoms with Gasteiger partial charge in [-0.3, -0.25) is 9.89 Å². The molecule has 0 spiro atoms. The summed E-state index contributed by atoms with van der Waals surface area (Å²) >= 11 is 1.33. The Morgan fingerprint density at radius 1 is 1.39 bits per heavy atom. The minimum atomic E-state index is -1.06. The molecule has 0 bridgehead atoms. The predicted octanol–water partition coefficient (Wildman–Crippen LogP) is 4.04. The molecule has 142 valence electrons. The van der Waals surface area contributed by atoms with Crippen LogP contribution in [0.25, 0.3) is 27.5 Å². The van der Waals surface area contributed by atoms with Crippen LogP contribution in [0.2, 0.25) is 0 Å². The van der Waals surface area contributed by atoms with Crippen molar-refractivity contribution in [1.82, 2.24) is 19.8 Å². The summed E-state index contributed by atoms with van der Waals surface area (Å²) in [4.78, 5) is 12.5. The molecule has 28 heavy (non-hydrogen) atoms. The van der Waals surface area contributed by atoms with Crippen molar-refractivity contribution in [3.8, 4) is 11.1 Å². The van der Waals surface area contributed by atoms with Gasteiger partial charge in [0.25, 0.3) is 0 Å². The highest BCUT2D eigenvalue weighted by atomic mass is 32.2. The molecule has 5 rings (SSSR count). The van der Waals surface area contributed by atoms with Crippen LogP contribution in [0.1, 0.15) is 6.42 Å². The van der Waals surface area contributed by atoms with Gasteiger partial charge in [-0.1, -0.05) is 0 Å². The van der Waals surface area contributed by atoms with Crippen LogP contribution >= 0.6 is 11.8 Å². The number of anilines is 1. The first-order valence-corrected chi connectivity index (χ1v) is 9.92. The number of benzene rings is 1. The first-order valence-electron chi connectivity index (χ1n) is 8.69. The lowest BCUT2D eigenvalue weighted by atomic mass is 10.0. The van der Waals surface area contributed by atoms with Gasteiger partial charge in [0.15, 0.2) is 5.82 Å². The second kappa shape index (κ2) is 6.30. The molecule has 1 aromatic carbocycles. The molecule has 6 nitrogen and oxygen atoms in total. The topological polar surface area (TPSA) is 75.1 Å². The first-order chi connectivity index (χ1) is 13.5. The summed E-state index contributed by atoms with van der Waals surface area (Å²) < 4.78 is 29.2. The second-order valence-electron chi connectivity index (χ2n) is 6.76. The zero-order valence-electron chi connectivity index (χ0n) is 14.7. The summed E-state index contributed by atoms with van der Waals surface area (Å²) in [5.41, 5.74) is 2.92. The van der Waals surface area contributed by atoms with E-state index in [-0.39, 0.29) is 18.1 Å². The van der Waals surface area contributed by atoms with Crippen molar-refractivity contribution in [1.29, 1.82) is 0 Å². The molecule has 0 saturated heterocycles. The summed E-state index contributed by atoms with van der Waals surface area (Å²) in [5, 5.41) is 14.6. The highest BCUT2D eigenvalue weighted by molar-refractivity contribution is 7.98. The van der Waals surface area contributed by atoms with Gasteiger partial charge in [-0.05, 0) is 30.4 Å². The van der Waals surface area contributed by atoms with Crippen molar-refractivity contribution >= 4 is 39.9 Å². The smallest absolute Gasteiger partial charge is 0.231 e. The number of aromatic nitrogens is 4. The molecular formula is C19H15F2N5OS. The lowest BCUT2D eigenvalue weighted by Gasteiger charge is -2.11. The van der Waals surface area contributed by atoms with Crippen molar-refractivity contribution in [2.24, 2.45) is 5.92 Å². The number of thioether (sulfide) groups is 1. The Morgan fingerprint density at radius 3 is 2.96 bits per heavy atom. The number of amides is 1. The van der Waals surface area contributed by atoms with Crippen LogP contribution in [0, 0.1) is 11.7 Å². The largest absolute Gasteiger partial charge is 0.309 e. The van der Waals surface area contributed by atoms with Crippen molar-refractivity contribution < 1.29 is 13.6 Å². The molecule has 0 aliphatic heterocycles. The Morgan fingerprint density at radius 2 is 2.21 bits per heavy atom. The molecule has 2 unspecified atom stereocenters. The Labute approximate surface area is 162 Å². The number of carbonyl (C=O) groups excluding carboxylic acids is 1. The zero-order valence-corrected chi connectivity index (χ0v) is 15.6. The summed E-state index contributed by atoms with van der Waals surface area (Å²) in [6, 6.07) is 6.87. The van der Waals surface area contributed by atoms with Crippen molar-refractivity contribution in [3.63, 3.8) is 0 Å². The van der Waals surface area contributed by atoms with Gasteiger partial charge in [0.2, 0.25) is 5.91 Å². The van der Waals surface area contributed by atoms with E-state index < -0.39 is 12.1 Å². The minimum Gasteiger partial charge on any atom is -0.309 e. The van der Waals surface area contributed by atoms with E-state index in [1.807, 2.05) is 18.4 Å². The maximum Gasteiger partial charge on any atom is 0.231 e. The average Bonchev–Trinajstić information content (AvgIpc) is 3.05. The second-order valence-corrected chi connectivity index (χ2v) is 7.58. The van der Waals surface area contributed by atoms with Crippen molar-refractivity contribution in [2.45, 2.75) is 17.5 Å². The normalized spacial score (nSPS) is 18.7. The Bertz CT molecular complexity index is 1230. The summed E-state index contributed by atoms with van der Waals surface area (Å²) in [7, 11) is 0. The number of hydrogen-bond donors (Lipinski definition) is 2. The molecule has 1 saturated carbocycles. The maximum absolute atomic E-state index is 14.6. The molecule has 3 aromatic heterocycles. The molecule has 1 amide bonds. The van der Waals surface area contributed by atoms with Gasteiger partial charge >= 0.3 is 0 Å². The number of carbonyl (C=O) groups is 1. The van der Waals surface area contributed by atoms with E-state index in [1.54, 1.807) is 23.0 Å². The molecule has 9 heteroatoms. The fourth-order valence-electron chi connectivity index (χ4n) is 3.39. The van der Waals surface area contributed by atoms with Gasteiger partial charge in [0.05, 0.1) is 28.0 Å². The Hall–Kier alpha value is -2.94. The first kappa shape index (κ1) is 17.2. The quantitative estimate of drug-likeness (QED) is 0.508. The van der Waals surface area contributed by atoms with Gasteiger partial charge in [0.1, 0.15) is 12.0 Å². The van der Waals surface area contributed by atoms with Gasteiger partial charge < -0.3 is 5.32 Å². The summed E-state index contributed by atoms with van der Waals surface area (Å²) in [5.74, 6) is -0.887. The molecule has 2 N–H and O–H groups in total. The van der Waals surface area contributed by atoms with Crippen molar-refractivity contribution in [3.05, 3.63) is 42.5 Å². The van der Waals surface area contributed by atoms with E-state index in [9.17, 15) is 13.6 Å². The molecule has 0 radical (unpaired) electrons. The number of nitrogens with zero attached hydrogens (tertiary/aromatic N) is 3. The fourth-order valence-corrected chi connectivity index (χ4v) is 4.08. The lowest BCUT2D eigenvalue weighted by Crippen LogP contribution is -2.15. The molecule has 3 heterocycles. The average molecular weight is 399 g/mol. The number of hydrogen-bond acceptors (Lipinski definition) is 4. The number of fused-ring (bicyclic) bond motifs is 2. The molecule has 1 fully saturated rings. The number of rotatable bonds is 4. The number of halogens is 2. The van der Waals surface area contributed by atoms with Crippen LogP contribution in [-0.4, -0.2) is 38.1 Å². The number of alkyl halides is 1. The van der Waals surface area contributed by atoms with Gasteiger partial charge in [-0.25, -0.2) is 13.3 Å². The number of pyridine rings is 1. The van der Waals surface area contributed by atoms with E-state index in [0.717, 1.165) is 22.0 Å². The van der Waals surface area contributed by atoms with Gasteiger partial charge in [-0.15, -0.1) is 11.8 Å². The highest BCUT2D eigenvalue weighted by Gasteiger charge is 2.43. The van der Waals surface area contributed by atoms with E-state index in [4.69, 9.17) is 0 Å². The number of aromatic amines is 1. The van der Waals surface area contributed by atoms with E-state index in [0.29, 0.717) is 16.2 Å². The Kier molecular flexibility index (Phi) is 3.87. The molecule has 1 aliphatic carbocycles. The van der Waals surface area contributed by atoms with Crippen molar-refractivity contribution in [2.75, 3.05) is 11.6 Å². The SMILES string of the molecule is CSc1c(F)cc2[nH]ncc2c1-c1ccn2nc(NC(=O)C3CC3F)cc2c1. The van der Waals surface area contributed by atoms with Crippen LogP contribution in [0.5, 0.6) is 0 Å². The van der Waals surface area contributed by atoms with E-state index >= 15 is 0 Å². The molecule has 4 aromatic rings. The van der Waals surface area contributed by atoms with Crippen LogP contribution < -0.4 is 5.32 Å². The summed E-state index contributed by atoms with van der Waals surface area (Å²) in [6.45, 7) is 0. The highest BCUT2D eigenvalue weighted by Crippen LogP contribution is 2.39. The predicted molar refractivity (Wildman–Crippen MR) is 104 cm³/mol. The summed E-state index contributed by atoms with van der Waals surface area (Å²) in [6.07, 6.45) is 4.46. The van der Waals surface area contributed by atoms with Gasteiger partial charge in [-0.2, -0.15) is 10.2 Å². The monoisotopic (exact) mass is 399 g/mol. The van der Waals surface area contributed by atoms with Crippen LogP contribution in [0.3, 0.4) is 0 Å². The lowest BCUT2D eigenvalue weighted by molar-refractivity contribution is -0.117. The maximum atomic E-state index is 14.6. The standard InChI is InChI=1S/C19H15F2N5OS/c1-28-18-14(21)7-15-12(8-22-24-15)17(18)9-2-3-26-10(4-9)5-16(25-26)23-19(27)11-6-13(11)20/h2-5,7-8,11,13H,6H2,1H3,(H,22,24)(H,23,25,27). The molecular weight excluding hydrogens is 384 g/mol. The third-order valence-electron chi connectivity index (χ3n) is 4.91. The minimum absolute atomic E-state index is 0.265. The number of nitrogens with one attached hydrogen (secondary N) is 2. The third-order valence-corrected chi connectivity index (χ3v) is 5.72. The van der Waals surface area contributed by atoms with E-state index in [1.165, 1.54) is 17.8 Å². The molecule has 2 atom stereocenters. The molecule has 1 aliphatic rings. The fraction of sp³-hybridized carbons (Fsp3) is 0.211. The Balaban J connectivity index is 1.58. The van der Waals surface area contributed by atoms with Crippen LogP contribution in [0.15, 0.2) is 41.6 Å². The van der Waals surface area contributed by atoms with E-state index in [2.05, 4.69) is 20.6 Å². The van der Waals surface area contributed by atoms with Crippen LogP contribution in [-0.2, 0) is 4.79 Å². The zero-order chi connectivity index (χ0) is 19.4. The van der Waals surface area contributed by atoms with Crippen LogP contribution in [0.4, 0.5) is 14.6 Å².